The maximum Gasteiger partial charge on any atom is 0.418 e. The van der Waals surface area contributed by atoms with Crippen molar-refractivity contribution in [1.82, 2.24) is 5.32 Å². The molecule has 5 nitrogen and oxygen atoms in total. The molecule has 1 aromatic carbocycles. The molecule has 1 rings (SSSR count). The smallest absolute Gasteiger partial charge is 0.369 e. The Morgan fingerprint density at radius 2 is 1.89 bits per heavy atom. The van der Waals surface area contributed by atoms with Gasteiger partial charge in [-0.05, 0) is 18.2 Å². The maximum atomic E-state index is 12.8. The summed E-state index contributed by atoms with van der Waals surface area (Å²) in [5.74, 6) is -1.69. The Balaban J connectivity index is 3.21. The minimum atomic E-state index is -4.80. The van der Waals surface area contributed by atoms with E-state index in [0.29, 0.717) is 0 Å². The lowest BCUT2D eigenvalue weighted by Crippen LogP contribution is -2.40. The van der Waals surface area contributed by atoms with Gasteiger partial charge in [0.1, 0.15) is 5.82 Å². The SMILES string of the molecule is NC(=O)NC(N)=Nc1ccc(F)cc1C(F)(F)F. The van der Waals surface area contributed by atoms with Gasteiger partial charge < -0.3 is 11.5 Å². The molecule has 0 radical (unpaired) electrons. The number of hydrogen-bond acceptors (Lipinski definition) is 2. The number of amides is 2. The topological polar surface area (TPSA) is 93.5 Å². The van der Waals surface area contributed by atoms with Gasteiger partial charge in [0.15, 0.2) is 0 Å². The van der Waals surface area contributed by atoms with Crippen LogP contribution in [-0.2, 0) is 6.18 Å². The van der Waals surface area contributed by atoms with Crippen molar-refractivity contribution in [3.8, 4) is 0 Å². The molecule has 0 spiro atoms. The van der Waals surface area contributed by atoms with Gasteiger partial charge in [-0.2, -0.15) is 13.2 Å². The number of benzene rings is 1. The number of nitrogens with two attached hydrogens (primary N) is 2. The fourth-order valence-corrected chi connectivity index (χ4v) is 1.12. The summed E-state index contributed by atoms with van der Waals surface area (Å²) < 4.78 is 50.4. The van der Waals surface area contributed by atoms with Crippen molar-refractivity contribution in [3.05, 3.63) is 29.6 Å². The molecule has 9 heteroatoms. The van der Waals surface area contributed by atoms with Crippen LogP contribution in [0.2, 0.25) is 0 Å². The minimum Gasteiger partial charge on any atom is -0.369 e. The van der Waals surface area contributed by atoms with Crippen LogP contribution in [0.4, 0.5) is 28.0 Å². The molecule has 0 aliphatic carbocycles. The maximum absolute atomic E-state index is 12.8. The quantitative estimate of drug-likeness (QED) is 0.407. The van der Waals surface area contributed by atoms with Crippen LogP contribution in [0.5, 0.6) is 0 Å². The van der Waals surface area contributed by atoms with Crippen LogP contribution in [0, 0.1) is 5.82 Å². The lowest BCUT2D eigenvalue weighted by Gasteiger charge is -2.10. The number of rotatable bonds is 1. The molecule has 0 aliphatic heterocycles. The molecule has 0 heterocycles. The van der Waals surface area contributed by atoms with Crippen molar-refractivity contribution in [2.45, 2.75) is 6.18 Å². The second kappa shape index (κ2) is 4.90. The van der Waals surface area contributed by atoms with E-state index in [1.165, 1.54) is 0 Å². The molecule has 0 unspecified atom stereocenters. The first-order valence-corrected chi connectivity index (χ1v) is 4.47. The molecular formula is C9H8F4N4O. The first-order chi connectivity index (χ1) is 8.20. The predicted octanol–water partition coefficient (Wildman–Crippen LogP) is 1.46. The standard InChI is InChI=1S/C9H8F4N4O/c10-4-1-2-6(5(3-4)9(11,12)13)16-7(14)17-8(15)18/h1-3H,(H5,14,15,16,17,18). The number of urea groups is 1. The Morgan fingerprint density at radius 1 is 1.28 bits per heavy atom. The highest BCUT2D eigenvalue weighted by atomic mass is 19.4. The van der Waals surface area contributed by atoms with Gasteiger partial charge >= 0.3 is 12.2 Å². The van der Waals surface area contributed by atoms with Crippen molar-refractivity contribution < 1.29 is 22.4 Å². The number of carbonyl (C=O) groups excluding carboxylic acids is 1. The highest BCUT2D eigenvalue weighted by molar-refractivity contribution is 5.95. The lowest BCUT2D eigenvalue weighted by atomic mass is 10.1. The zero-order chi connectivity index (χ0) is 13.9. The first kappa shape index (κ1) is 13.7. The van der Waals surface area contributed by atoms with E-state index >= 15 is 0 Å². The van der Waals surface area contributed by atoms with E-state index in [-0.39, 0.29) is 6.07 Å². The molecule has 0 aliphatic rings. The van der Waals surface area contributed by atoms with Gasteiger partial charge in [-0.25, -0.2) is 14.2 Å². The molecule has 98 valence electrons. The number of halogens is 4. The van der Waals surface area contributed by atoms with E-state index in [9.17, 15) is 22.4 Å². The Morgan fingerprint density at radius 3 is 2.39 bits per heavy atom. The molecule has 0 atom stereocenters. The summed E-state index contributed by atoms with van der Waals surface area (Å²) >= 11 is 0. The third-order valence-corrected chi connectivity index (χ3v) is 1.76. The number of alkyl halides is 3. The Kier molecular flexibility index (Phi) is 3.74. The lowest BCUT2D eigenvalue weighted by molar-refractivity contribution is -0.137. The fraction of sp³-hybridized carbons (Fsp3) is 0.111. The highest BCUT2D eigenvalue weighted by Crippen LogP contribution is 2.36. The van der Waals surface area contributed by atoms with Crippen molar-refractivity contribution >= 4 is 17.7 Å². The number of hydrogen-bond donors (Lipinski definition) is 3. The monoisotopic (exact) mass is 264 g/mol. The predicted molar refractivity (Wildman–Crippen MR) is 55.4 cm³/mol. The Labute approximate surface area is 98.5 Å². The van der Waals surface area contributed by atoms with Gasteiger partial charge in [0.25, 0.3) is 0 Å². The minimum absolute atomic E-state index is 0.274. The number of carbonyl (C=O) groups is 1. The summed E-state index contributed by atoms with van der Waals surface area (Å²) in [5, 5.41) is 1.79. The summed E-state index contributed by atoms with van der Waals surface area (Å²) in [4.78, 5) is 13.7. The average molecular weight is 264 g/mol. The van der Waals surface area contributed by atoms with Crippen molar-refractivity contribution in [3.63, 3.8) is 0 Å². The van der Waals surface area contributed by atoms with Crippen LogP contribution in [0.1, 0.15) is 5.56 Å². The third kappa shape index (κ3) is 3.61. The van der Waals surface area contributed by atoms with Crippen molar-refractivity contribution in [1.29, 1.82) is 0 Å². The third-order valence-electron chi connectivity index (χ3n) is 1.76. The molecule has 0 fully saturated rings. The second-order valence-corrected chi connectivity index (χ2v) is 3.15. The van der Waals surface area contributed by atoms with Gasteiger partial charge in [0.2, 0.25) is 5.96 Å². The number of guanidine groups is 1. The van der Waals surface area contributed by atoms with Crippen LogP contribution >= 0.6 is 0 Å². The summed E-state index contributed by atoms with van der Waals surface area (Å²) in [6, 6.07) is 0.766. The molecule has 0 saturated carbocycles. The van der Waals surface area contributed by atoms with Gasteiger partial charge in [0.05, 0.1) is 11.3 Å². The Bertz CT molecular complexity index is 498. The van der Waals surface area contributed by atoms with Crippen molar-refractivity contribution in [2.75, 3.05) is 0 Å². The van der Waals surface area contributed by atoms with E-state index < -0.39 is 35.2 Å². The first-order valence-electron chi connectivity index (χ1n) is 4.47. The summed E-state index contributed by atoms with van der Waals surface area (Å²) in [5.41, 5.74) is 7.90. The molecule has 5 N–H and O–H groups in total. The van der Waals surface area contributed by atoms with Gasteiger partial charge in [-0.3, -0.25) is 5.32 Å². The molecule has 0 saturated heterocycles. The van der Waals surface area contributed by atoms with Gasteiger partial charge in [-0.1, -0.05) is 0 Å². The molecule has 0 bridgehead atoms. The van der Waals surface area contributed by atoms with Gasteiger partial charge in [-0.15, -0.1) is 0 Å². The van der Waals surface area contributed by atoms with Crippen molar-refractivity contribution in [2.24, 2.45) is 16.5 Å². The van der Waals surface area contributed by atoms with Crippen LogP contribution in [0.15, 0.2) is 23.2 Å². The highest BCUT2D eigenvalue weighted by Gasteiger charge is 2.34. The summed E-state index contributed by atoms with van der Waals surface area (Å²) in [6.45, 7) is 0. The average Bonchev–Trinajstić information content (AvgIpc) is 2.17. The van der Waals surface area contributed by atoms with E-state index in [0.717, 1.165) is 12.1 Å². The molecule has 18 heavy (non-hydrogen) atoms. The summed E-state index contributed by atoms with van der Waals surface area (Å²) in [7, 11) is 0. The normalized spacial score (nSPS) is 12.3. The largest absolute Gasteiger partial charge is 0.418 e. The zero-order valence-electron chi connectivity index (χ0n) is 8.75. The number of nitrogens with one attached hydrogen (secondary N) is 1. The van der Waals surface area contributed by atoms with E-state index in [2.05, 4.69) is 4.99 Å². The van der Waals surface area contributed by atoms with Crippen LogP contribution in [0.25, 0.3) is 0 Å². The number of aliphatic imine (C=N–C) groups is 1. The second-order valence-electron chi connectivity index (χ2n) is 3.15. The Hall–Kier alpha value is -2.32. The fourth-order valence-electron chi connectivity index (χ4n) is 1.12. The number of nitrogens with zero attached hydrogens (tertiary/aromatic N) is 1. The van der Waals surface area contributed by atoms with E-state index in [1.807, 2.05) is 0 Å². The van der Waals surface area contributed by atoms with Gasteiger partial charge in [0, 0.05) is 0 Å². The molecule has 1 aromatic rings. The zero-order valence-corrected chi connectivity index (χ0v) is 8.75. The van der Waals surface area contributed by atoms with E-state index in [4.69, 9.17) is 11.5 Å². The molecular weight excluding hydrogens is 256 g/mol. The number of primary amides is 1. The van der Waals surface area contributed by atoms with Crippen LogP contribution in [0.3, 0.4) is 0 Å². The van der Waals surface area contributed by atoms with Crippen LogP contribution in [-0.4, -0.2) is 12.0 Å². The van der Waals surface area contributed by atoms with Crippen LogP contribution < -0.4 is 16.8 Å². The summed E-state index contributed by atoms with van der Waals surface area (Å²) in [6.07, 6.45) is -4.80. The molecule has 2 amide bonds. The van der Waals surface area contributed by atoms with E-state index in [1.54, 1.807) is 5.32 Å². The molecule has 0 aromatic heterocycles.